The molecule has 7 nitrogen and oxygen atoms in total. The second-order valence-electron chi connectivity index (χ2n) is 4.54. The molecular formula is C14H15N3O4. The van der Waals surface area contributed by atoms with Crippen LogP contribution in [0.1, 0.15) is 21.9 Å². The number of carbonyl (C=O) groups is 1. The lowest BCUT2D eigenvalue weighted by Gasteiger charge is -2.04. The fourth-order valence-corrected chi connectivity index (χ4v) is 1.98. The van der Waals surface area contributed by atoms with Gasteiger partial charge in [0.25, 0.3) is 5.91 Å². The van der Waals surface area contributed by atoms with Crippen LogP contribution in [0, 0.1) is 0 Å². The van der Waals surface area contributed by atoms with E-state index >= 15 is 0 Å². The molecule has 1 aromatic heterocycles. The maximum absolute atomic E-state index is 11.9. The summed E-state index contributed by atoms with van der Waals surface area (Å²) >= 11 is 0. The molecule has 0 spiro atoms. The third-order valence-electron chi connectivity index (χ3n) is 3.03. The molecule has 0 radical (unpaired) electrons. The molecule has 7 heteroatoms. The number of amides is 1. The van der Waals surface area contributed by atoms with Gasteiger partial charge in [-0.3, -0.25) is 4.79 Å². The molecule has 0 bridgehead atoms. The molecular weight excluding hydrogens is 274 g/mol. The quantitative estimate of drug-likeness (QED) is 0.846. The van der Waals surface area contributed by atoms with Gasteiger partial charge in [-0.1, -0.05) is 6.07 Å². The van der Waals surface area contributed by atoms with Gasteiger partial charge in [0.05, 0.1) is 0 Å². The van der Waals surface area contributed by atoms with Gasteiger partial charge >= 0.3 is 0 Å². The predicted molar refractivity (Wildman–Crippen MR) is 73.0 cm³/mol. The van der Waals surface area contributed by atoms with Crippen LogP contribution in [0.5, 0.6) is 11.5 Å². The number of carbonyl (C=O) groups excluding carboxylic acids is 1. The van der Waals surface area contributed by atoms with Crippen LogP contribution >= 0.6 is 0 Å². The Morgan fingerprint density at radius 1 is 1.33 bits per heavy atom. The van der Waals surface area contributed by atoms with E-state index < -0.39 is 0 Å². The maximum atomic E-state index is 11.9. The van der Waals surface area contributed by atoms with Crippen molar-refractivity contribution in [2.75, 3.05) is 13.3 Å². The molecule has 1 aliphatic heterocycles. The first kappa shape index (κ1) is 13.4. The van der Waals surface area contributed by atoms with Gasteiger partial charge in [-0.15, -0.1) is 0 Å². The van der Waals surface area contributed by atoms with Crippen molar-refractivity contribution in [1.82, 2.24) is 10.3 Å². The molecule has 2 aromatic rings. The first-order chi connectivity index (χ1) is 10.3. The van der Waals surface area contributed by atoms with Crippen LogP contribution in [0.3, 0.4) is 0 Å². The first-order valence-electron chi connectivity index (χ1n) is 6.57. The SMILES string of the molecule is NCCc1nc(C(=O)NCc2ccc3c(c2)OCO3)co1. The van der Waals surface area contributed by atoms with Gasteiger partial charge in [0.1, 0.15) is 6.26 Å². The van der Waals surface area contributed by atoms with E-state index in [9.17, 15) is 4.79 Å². The Kier molecular flexibility index (Phi) is 3.74. The fraction of sp³-hybridized carbons (Fsp3) is 0.286. The number of hydrogen-bond acceptors (Lipinski definition) is 6. The van der Waals surface area contributed by atoms with Crippen molar-refractivity contribution >= 4 is 5.91 Å². The van der Waals surface area contributed by atoms with Crippen molar-refractivity contribution in [2.45, 2.75) is 13.0 Å². The predicted octanol–water partition coefficient (Wildman–Crippen LogP) is 0.834. The Hall–Kier alpha value is -2.54. The van der Waals surface area contributed by atoms with E-state index in [1.165, 1.54) is 6.26 Å². The van der Waals surface area contributed by atoms with Gasteiger partial charge in [0, 0.05) is 19.5 Å². The molecule has 1 aromatic carbocycles. The van der Waals surface area contributed by atoms with Crippen LogP contribution in [0.15, 0.2) is 28.9 Å². The minimum atomic E-state index is -0.292. The summed E-state index contributed by atoms with van der Waals surface area (Å²) in [5, 5.41) is 2.77. The lowest BCUT2D eigenvalue weighted by molar-refractivity contribution is 0.0945. The molecule has 3 rings (SSSR count). The van der Waals surface area contributed by atoms with Gasteiger partial charge in [-0.2, -0.15) is 0 Å². The molecule has 1 amide bonds. The third kappa shape index (κ3) is 2.97. The number of fused-ring (bicyclic) bond motifs is 1. The molecule has 0 saturated carbocycles. The first-order valence-corrected chi connectivity index (χ1v) is 6.57. The summed E-state index contributed by atoms with van der Waals surface area (Å²) in [6.07, 6.45) is 1.84. The van der Waals surface area contributed by atoms with Gasteiger partial charge in [0.2, 0.25) is 6.79 Å². The fourth-order valence-electron chi connectivity index (χ4n) is 1.98. The van der Waals surface area contributed by atoms with Gasteiger partial charge in [-0.05, 0) is 17.7 Å². The summed E-state index contributed by atoms with van der Waals surface area (Å²) in [5.41, 5.74) is 6.57. The number of nitrogens with zero attached hydrogens (tertiary/aromatic N) is 1. The lowest BCUT2D eigenvalue weighted by atomic mass is 10.2. The number of hydrogen-bond donors (Lipinski definition) is 2. The average molecular weight is 289 g/mol. The van der Waals surface area contributed by atoms with E-state index in [0.29, 0.717) is 36.9 Å². The zero-order chi connectivity index (χ0) is 14.7. The minimum absolute atomic E-state index is 0.230. The van der Waals surface area contributed by atoms with Crippen LogP contribution in [0.2, 0.25) is 0 Å². The summed E-state index contributed by atoms with van der Waals surface area (Å²) in [5.74, 6) is 1.58. The Balaban J connectivity index is 1.60. The van der Waals surface area contributed by atoms with Crippen molar-refractivity contribution in [3.8, 4) is 11.5 Å². The molecule has 0 unspecified atom stereocenters. The highest BCUT2D eigenvalue weighted by Gasteiger charge is 2.15. The van der Waals surface area contributed by atoms with Crippen molar-refractivity contribution in [1.29, 1.82) is 0 Å². The van der Waals surface area contributed by atoms with Crippen LogP contribution in [0.4, 0.5) is 0 Å². The standard InChI is InChI=1S/C14H15N3O4/c15-4-3-13-17-10(7-19-13)14(18)16-6-9-1-2-11-12(5-9)21-8-20-11/h1-2,5,7H,3-4,6,8,15H2,(H,16,18). The number of oxazole rings is 1. The number of aromatic nitrogens is 1. The molecule has 1 aliphatic rings. The van der Waals surface area contributed by atoms with Crippen molar-refractivity contribution in [3.05, 3.63) is 41.6 Å². The van der Waals surface area contributed by atoms with Crippen molar-refractivity contribution in [3.63, 3.8) is 0 Å². The van der Waals surface area contributed by atoms with Crippen molar-refractivity contribution < 1.29 is 18.7 Å². The van der Waals surface area contributed by atoms with Crippen LogP contribution in [-0.2, 0) is 13.0 Å². The minimum Gasteiger partial charge on any atom is -0.454 e. The topological polar surface area (TPSA) is 99.6 Å². The van der Waals surface area contributed by atoms with Crippen LogP contribution in [0.25, 0.3) is 0 Å². The lowest BCUT2D eigenvalue weighted by Crippen LogP contribution is -2.23. The zero-order valence-electron chi connectivity index (χ0n) is 11.3. The van der Waals surface area contributed by atoms with E-state index in [1.807, 2.05) is 18.2 Å². The van der Waals surface area contributed by atoms with Gasteiger partial charge in [0.15, 0.2) is 23.1 Å². The van der Waals surface area contributed by atoms with Gasteiger partial charge < -0.3 is 24.9 Å². The van der Waals surface area contributed by atoms with Crippen LogP contribution in [-0.4, -0.2) is 24.2 Å². The average Bonchev–Trinajstić information content (AvgIpc) is 3.13. The molecule has 21 heavy (non-hydrogen) atoms. The second kappa shape index (κ2) is 5.84. The van der Waals surface area contributed by atoms with E-state index in [2.05, 4.69) is 10.3 Å². The summed E-state index contributed by atoms with van der Waals surface area (Å²) in [4.78, 5) is 16.0. The number of nitrogens with one attached hydrogen (secondary N) is 1. The molecule has 3 N–H and O–H groups in total. The Labute approximate surface area is 121 Å². The molecule has 0 atom stereocenters. The summed E-state index contributed by atoms with van der Waals surface area (Å²) in [6, 6.07) is 5.53. The largest absolute Gasteiger partial charge is 0.454 e. The van der Waals surface area contributed by atoms with E-state index in [0.717, 1.165) is 5.56 Å². The zero-order valence-corrected chi connectivity index (χ0v) is 11.3. The Morgan fingerprint density at radius 2 is 2.19 bits per heavy atom. The number of rotatable bonds is 5. The second-order valence-corrected chi connectivity index (χ2v) is 4.54. The van der Waals surface area contributed by atoms with Gasteiger partial charge in [-0.25, -0.2) is 4.98 Å². The number of benzene rings is 1. The number of nitrogens with two attached hydrogens (primary N) is 1. The molecule has 0 fully saturated rings. The molecule has 0 aliphatic carbocycles. The monoisotopic (exact) mass is 289 g/mol. The molecule has 110 valence electrons. The highest BCUT2D eigenvalue weighted by atomic mass is 16.7. The summed E-state index contributed by atoms with van der Waals surface area (Å²) < 4.78 is 15.7. The molecule has 2 heterocycles. The summed E-state index contributed by atoms with van der Waals surface area (Å²) in [7, 11) is 0. The third-order valence-corrected chi connectivity index (χ3v) is 3.03. The van der Waals surface area contributed by atoms with Crippen molar-refractivity contribution in [2.24, 2.45) is 5.73 Å². The van der Waals surface area contributed by atoms with E-state index in [-0.39, 0.29) is 18.4 Å². The Bertz CT molecular complexity index is 653. The summed E-state index contributed by atoms with van der Waals surface area (Å²) in [6.45, 7) is 1.03. The van der Waals surface area contributed by atoms with E-state index in [1.54, 1.807) is 0 Å². The highest BCUT2D eigenvalue weighted by molar-refractivity contribution is 5.91. The van der Waals surface area contributed by atoms with Crippen LogP contribution < -0.4 is 20.5 Å². The highest BCUT2D eigenvalue weighted by Crippen LogP contribution is 2.32. The van der Waals surface area contributed by atoms with E-state index in [4.69, 9.17) is 19.6 Å². The molecule has 0 saturated heterocycles. The maximum Gasteiger partial charge on any atom is 0.273 e. The smallest absolute Gasteiger partial charge is 0.273 e. The number of ether oxygens (including phenoxy) is 2. The Morgan fingerprint density at radius 3 is 3.05 bits per heavy atom. The normalized spacial score (nSPS) is 12.4.